The standard InChI is InChI=1S/C30H33N3O3/c1-18-7-8-27(36-16-21-12-19(2)25-14-31-10-9-23(25)20(21)3)24(11-18)26-5-4-6-28(32-26)33-15-22-13-30(22,17-33)29(34)35/h4-8,11-12,22,31H,9-10,13-17H2,1-3H3,(H,34,35)/t22?,30-/m0/s1. The zero-order chi connectivity index (χ0) is 25.0. The van der Waals surface area contributed by atoms with Crippen LogP contribution in [0.25, 0.3) is 11.3 Å². The normalized spacial score (nSPS) is 22.2. The number of rotatable bonds is 6. The van der Waals surface area contributed by atoms with E-state index in [9.17, 15) is 9.90 Å². The fraction of sp³-hybridized carbons (Fsp3) is 0.400. The molecule has 1 aliphatic carbocycles. The van der Waals surface area contributed by atoms with Crippen molar-refractivity contribution >= 4 is 11.8 Å². The van der Waals surface area contributed by atoms with Crippen molar-refractivity contribution < 1.29 is 14.6 Å². The Kier molecular flexibility index (Phi) is 5.52. The Hall–Kier alpha value is -3.38. The van der Waals surface area contributed by atoms with Gasteiger partial charge in [0.25, 0.3) is 0 Å². The first-order valence-corrected chi connectivity index (χ1v) is 12.9. The number of hydrogen-bond donors (Lipinski definition) is 2. The summed E-state index contributed by atoms with van der Waals surface area (Å²) in [4.78, 5) is 18.8. The van der Waals surface area contributed by atoms with E-state index in [-0.39, 0.29) is 5.92 Å². The Morgan fingerprint density at radius 3 is 2.86 bits per heavy atom. The molecular weight excluding hydrogens is 450 g/mol. The van der Waals surface area contributed by atoms with Crippen molar-refractivity contribution in [3.05, 3.63) is 75.8 Å². The van der Waals surface area contributed by atoms with Crippen LogP contribution in [0.5, 0.6) is 5.75 Å². The molecule has 2 N–H and O–H groups in total. The molecule has 3 heterocycles. The lowest BCUT2D eigenvalue weighted by molar-refractivity contribution is -0.143. The number of carboxylic acids is 1. The molecule has 2 atom stereocenters. The minimum atomic E-state index is -0.676. The van der Waals surface area contributed by atoms with E-state index in [0.29, 0.717) is 13.2 Å². The van der Waals surface area contributed by atoms with E-state index in [0.717, 1.165) is 60.9 Å². The maximum atomic E-state index is 11.8. The van der Waals surface area contributed by atoms with Gasteiger partial charge < -0.3 is 20.1 Å². The first kappa shape index (κ1) is 23.0. The molecular formula is C30H33N3O3. The first-order valence-electron chi connectivity index (χ1n) is 12.9. The molecule has 0 spiro atoms. The molecule has 2 aromatic carbocycles. The van der Waals surface area contributed by atoms with E-state index in [4.69, 9.17) is 9.72 Å². The largest absolute Gasteiger partial charge is 0.488 e. The lowest BCUT2D eigenvalue weighted by Gasteiger charge is -2.24. The number of pyridine rings is 1. The van der Waals surface area contributed by atoms with E-state index in [1.807, 2.05) is 24.3 Å². The Balaban J connectivity index is 1.27. The number of ether oxygens (including phenoxy) is 1. The van der Waals surface area contributed by atoms with Crippen LogP contribution in [0.2, 0.25) is 0 Å². The second-order valence-electron chi connectivity index (χ2n) is 10.8. The molecule has 1 unspecified atom stereocenters. The van der Waals surface area contributed by atoms with Crippen molar-refractivity contribution in [1.29, 1.82) is 0 Å². The monoisotopic (exact) mass is 483 g/mol. The number of benzene rings is 2. The molecule has 1 aromatic heterocycles. The number of aromatic nitrogens is 1. The van der Waals surface area contributed by atoms with E-state index in [2.05, 4.69) is 49.2 Å². The zero-order valence-corrected chi connectivity index (χ0v) is 21.2. The highest BCUT2D eigenvalue weighted by Gasteiger charge is 2.65. The van der Waals surface area contributed by atoms with E-state index >= 15 is 0 Å². The van der Waals surface area contributed by atoms with Gasteiger partial charge in [-0.3, -0.25) is 4.79 Å². The Labute approximate surface area is 212 Å². The molecule has 0 bridgehead atoms. The number of anilines is 1. The molecule has 6 rings (SSSR count). The molecule has 6 heteroatoms. The number of aliphatic carboxylic acids is 1. The van der Waals surface area contributed by atoms with Gasteiger partial charge in [0.05, 0.1) is 11.1 Å². The summed E-state index contributed by atoms with van der Waals surface area (Å²) in [6, 6.07) is 14.5. The van der Waals surface area contributed by atoms with Crippen molar-refractivity contribution in [3.63, 3.8) is 0 Å². The average molecular weight is 484 g/mol. The lowest BCUT2D eigenvalue weighted by Crippen LogP contribution is -2.29. The molecule has 36 heavy (non-hydrogen) atoms. The van der Waals surface area contributed by atoms with E-state index in [1.54, 1.807) is 0 Å². The molecule has 0 amide bonds. The van der Waals surface area contributed by atoms with Crippen LogP contribution in [0.4, 0.5) is 5.82 Å². The van der Waals surface area contributed by atoms with Gasteiger partial charge in [-0.1, -0.05) is 23.8 Å². The number of nitrogens with one attached hydrogen (secondary N) is 1. The highest BCUT2D eigenvalue weighted by Crippen LogP contribution is 2.58. The summed E-state index contributed by atoms with van der Waals surface area (Å²) in [5.74, 6) is 1.21. The van der Waals surface area contributed by atoms with Crippen LogP contribution >= 0.6 is 0 Å². The van der Waals surface area contributed by atoms with Crippen LogP contribution < -0.4 is 15.0 Å². The summed E-state index contributed by atoms with van der Waals surface area (Å²) in [5.41, 5.74) is 9.18. The minimum absolute atomic E-state index is 0.234. The molecule has 3 aliphatic rings. The van der Waals surface area contributed by atoms with Crippen LogP contribution in [-0.2, 0) is 24.4 Å². The third-order valence-corrected chi connectivity index (χ3v) is 8.44. The van der Waals surface area contributed by atoms with Gasteiger partial charge >= 0.3 is 5.97 Å². The number of fused-ring (bicyclic) bond motifs is 2. The lowest BCUT2D eigenvalue weighted by atomic mass is 9.89. The van der Waals surface area contributed by atoms with Crippen molar-refractivity contribution in [2.45, 2.75) is 46.8 Å². The SMILES string of the molecule is Cc1ccc(OCc2cc(C)c3c(c2C)CCNC3)c(-c2cccc(N3CC4C[C@]4(C(=O)O)C3)n2)c1. The third kappa shape index (κ3) is 3.84. The average Bonchev–Trinajstić information content (AvgIpc) is 3.47. The molecule has 2 fully saturated rings. The van der Waals surface area contributed by atoms with Gasteiger partial charge in [0, 0.05) is 25.2 Å². The van der Waals surface area contributed by atoms with E-state index in [1.165, 1.54) is 27.8 Å². The van der Waals surface area contributed by atoms with Crippen molar-refractivity contribution in [2.75, 3.05) is 24.5 Å². The summed E-state index contributed by atoms with van der Waals surface area (Å²) >= 11 is 0. The number of aryl methyl sites for hydroxylation is 2. The van der Waals surface area contributed by atoms with Crippen molar-refractivity contribution in [2.24, 2.45) is 11.3 Å². The third-order valence-electron chi connectivity index (χ3n) is 8.44. The van der Waals surface area contributed by atoms with Crippen LogP contribution in [0.3, 0.4) is 0 Å². The van der Waals surface area contributed by atoms with Gasteiger partial charge in [-0.15, -0.1) is 0 Å². The minimum Gasteiger partial charge on any atom is -0.488 e. The van der Waals surface area contributed by atoms with Crippen molar-refractivity contribution in [1.82, 2.24) is 10.3 Å². The maximum absolute atomic E-state index is 11.8. The van der Waals surface area contributed by atoms with Crippen LogP contribution in [0.15, 0.2) is 42.5 Å². The summed E-state index contributed by atoms with van der Waals surface area (Å²) in [5, 5.41) is 13.2. The summed E-state index contributed by atoms with van der Waals surface area (Å²) < 4.78 is 6.45. The number of carboxylic acid groups (broad SMARTS) is 1. The molecule has 0 radical (unpaired) electrons. The summed E-state index contributed by atoms with van der Waals surface area (Å²) in [7, 11) is 0. The van der Waals surface area contributed by atoms with Gasteiger partial charge in [0.1, 0.15) is 18.2 Å². The fourth-order valence-electron chi connectivity index (χ4n) is 6.14. The highest BCUT2D eigenvalue weighted by molar-refractivity contribution is 5.81. The number of nitrogens with zero attached hydrogens (tertiary/aromatic N) is 2. The fourth-order valence-corrected chi connectivity index (χ4v) is 6.14. The number of hydrogen-bond acceptors (Lipinski definition) is 5. The summed E-state index contributed by atoms with van der Waals surface area (Å²) in [6.07, 6.45) is 1.84. The Morgan fingerprint density at radius 1 is 1.19 bits per heavy atom. The van der Waals surface area contributed by atoms with Crippen LogP contribution in [-0.4, -0.2) is 35.7 Å². The quantitative estimate of drug-likeness (QED) is 0.524. The van der Waals surface area contributed by atoms with Crippen LogP contribution in [0.1, 0.15) is 39.8 Å². The van der Waals surface area contributed by atoms with Gasteiger partial charge in [0.2, 0.25) is 0 Å². The second kappa shape index (κ2) is 8.63. The number of carbonyl (C=O) groups is 1. The predicted molar refractivity (Wildman–Crippen MR) is 140 cm³/mol. The molecule has 186 valence electrons. The Morgan fingerprint density at radius 2 is 2.06 bits per heavy atom. The van der Waals surface area contributed by atoms with Gasteiger partial charge in [-0.05, 0) is 98.2 Å². The van der Waals surface area contributed by atoms with Crippen LogP contribution in [0, 0.1) is 32.1 Å². The molecule has 2 aliphatic heterocycles. The second-order valence-corrected chi connectivity index (χ2v) is 10.8. The highest BCUT2D eigenvalue weighted by atomic mass is 16.5. The van der Waals surface area contributed by atoms with Gasteiger partial charge in [0.15, 0.2) is 0 Å². The Bertz CT molecular complexity index is 1370. The van der Waals surface area contributed by atoms with Crippen molar-refractivity contribution in [3.8, 4) is 17.0 Å². The molecule has 6 nitrogen and oxygen atoms in total. The summed E-state index contributed by atoms with van der Waals surface area (Å²) in [6.45, 7) is 10.3. The number of piperidine rings is 1. The van der Waals surface area contributed by atoms with E-state index < -0.39 is 11.4 Å². The molecule has 1 saturated carbocycles. The maximum Gasteiger partial charge on any atom is 0.311 e. The topological polar surface area (TPSA) is 74.7 Å². The van der Waals surface area contributed by atoms with Gasteiger partial charge in [-0.2, -0.15) is 0 Å². The predicted octanol–water partition coefficient (Wildman–Crippen LogP) is 4.81. The zero-order valence-electron chi connectivity index (χ0n) is 21.2. The molecule has 3 aromatic rings. The smallest absolute Gasteiger partial charge is 0.311 e. The first-order chi connectivity index (χ1) is 17.4. The van der Waals surface area contributed by atoms with Gasteiger partial charge in [-0.25, -0.2) is 4.98 Å². The molecule has 1 saturated heterocycles.